The number of nitrogens with zero attached hydrogens (tertiary/aromatic N) is 3. The van der Waals surface area contributed by atoms with Crippen LogP contribution < -0.4 is 15.0 Å². The lowest BCUT2D eigenvalue weighted by molar-refractivity contribution is 0.0690. The van der Waals surface area contributed by atoms with Gasteiger partial charge in [-0.25, -0.2) is 14.8 Å². The van der Waals surface area contributed by atoms with Gasteiger partial charge in [0.1, 0.15) is 5.75 Å². The fourth-order valence-electron chi connectivity index (χ4n) is 4.92. The van der Waals surface area contributed by atoms with Gasteiger partial charge in [-0.15, -0.1) is 11.3 Å². The van der Waals surface area contributed by atoms with Gasteiger partial charge in [0, 0.05) is 23.5 Å². The number of nitrogens with one attached hydrogen (secondary N) is 1. The number of anilines is 2. The van der Waals surface area contributed by atoms with Crippen molar-refractivity contribution in [2.45, 2.75) is 46.6 Å². The molecule has 3 aromatic carbocycles. The number of aromatic nitrogens is 2. The Balaban J connectivity index is 0.00000180. The van der Waals surface area contributed by atoms with E-state index in [2.05, 4.69) is 20.2 Å². The van der Waals surface area contributed by atoms with Gasteiger partial charge in [0.25, 0.3) is 5.91 Å². The van der Waals surface area contributed by atoms with Gasteiger partial charge in [0.05, 0.1) is 16.8 Å². The molecule has 222 valence electrons. The molecule has 0 radical (unpaired) electrons. The lowest BCUT2D eigenvalue weighted by Gasteiger charge is -2.29. The maximum absolute atomic E-state index is 13.4. The minimum atomic E-state index is -1.03. The Morgan fingerprint density at radius 1 is 1.00 bits per heavy atom. The fraction of sp³-hybridized carbons (Fsp3) is 0.273. The number of aromatic carboxylic acids is 1. The minimum Gasteiger partial charge on any atom is -0.494 e. The monoisotopic (exact) mass is 614 g/mol. The molecular formula is C33H34N4O4S2. The number of aryl methyl sites for hydroxylation is 2. The van der Waals surface area contributed by atoms with E-state index in [1.54, 1.807) is 0 Å². The minimum absolute atomic E-state index is 0.0907. The van der Waals surface area contributed by atoms with Crippen LogP contribution in [0.1, 0.15) is 62.7 Å². The zero-order valence-corrected chi connectivity index (χ0v) is 26.1. The van der Waals surface area contributed by atoms with E-state index in [1.807, 2.05) is 87.5 Å². The van der Waals surface area contributed by atoms with E-state index >= 15 is 0 Å². The summed E-state index contributed by atoms with van der Waals surface area (Å²) in [5, 5.41) is 14.0. The second-order valence-corrected chi connectivity index (χ2v) is 12.0. The number of hydrogen-bond donors (Lipinski definition) is 2. The first-order chi connectivity index (χ1) is 20.9. The molecule has 2 N–H and O–H groups in total. The number of fused-ring (bicyclic) bond motifs is 2. The number of carbonyl (C=O) groups excluding carboxylic acids is 1. The molecule has 0 fully saturated rings. The Morgan fingerprint density at radius 3 is 2.56 bits per heavy atom. The van der Waals surface area contributed by atoms with Gasteiger partial charge in [-0.1, -0.05) is 67.1 Å². The quantitative estimate of drug-likeness (QED) is 0.165. The summed E-state index contributed by atoms with van der Waals surface area (Å²) in [4.78, 5) is 37.2. The lowest BCUT2D eigenvalue weighted by atomic mass is 9.94. The highest BCUT2D eigenvalue weighted by molar-refractivity contribution is 7.22. The highest BCUT2D eigenvalue weighted by atomic mass is 32.1. The molecule has 5 aromatic rings. The van der Waals surface area contributed by atoms with E-state index < -0.39 is 5.97 Å². The van der Waals surface area contributed by atoms with Crippen molar-refractivity contribution in [2.75, 3.05) is 23.4 Å². The second-order valence-electron chi connectivity index (χ2n) is 9.89. The van der Waals surface area contributed by atoms with E-state index in [9.17, 15) is 14.7 Å². The van der Waals surface area contributed by atoms with E-state index in [0.29, 0.717) is 48.4 Å². The van der Waals surface area contributed by atoms with Crippen LogP contribution in [-0.4, -0.2) is 40.1 Å². The highest BCUT2D eigenvalue weighted by Crippen LogP contribution is 2.33. The zero-order chi connectivity index (χ0) is 30.3. The van der Waals surface area contributed by atoms with Crippen molar-refractivity contribution in [3.05, 3.63) is 99.6 Å². The molecule has 10 heteroatoms. The molecule has 0 saturated heterocycles. The molecule has 2 aromatic heterocycles. The van der Waals surface area contributed by atoms with Gasteiger partial charge < -0.3 is 14.7 Å². The van der Waals surface area contributed by atoms with Gasteiger partial charge in [0.2, 0.25) is 0 Å². The van der Waals surface area contributed by atoms with Crippen LogP contribution in [-0.2, 0) is 19.4 Å². The Kier molecular flexibility index (Phi) is 9.68. The number of rotatable bonds is 9. The number of amides is 1. The molecule has 6 rings (SSSR count). The number of carbonyl (C=O) groups is 2. The topological polar surface area (TPSA) is 105 Å². The number of hydrogen-bond acceptors (Lipinski definition) is 8. The fourth-order valence-corrected chi connectivity index (χ4v) is 6.89. The van der Waals surface area contributed by atoms with Gasteiger partial charge in [-0.3, -0.25) is 10.1 Å². The Bertz CT molecular complexity index is 1700. The average Bonchev–Trinajstić information content (AvgIpc) is 3.65. The third kappa shape index (κ3) is 7.03. The molecular weight excluding hydrogens is 581 g/mol. The molecule has 3 heterocycles. The maximum Gasteiger partial charge on any atom is 0.355 e. The smallest absolute Gasteiger partial charge is 0.355 e. The van der Waals surface area contributed by atoms with E-state index in [-0.39, 0.29) is 11.6 Å². The van der Waals surface area contributed by atoms with Crippen molar-refractivity contribution < 1.29 is 19.4 Å². The summed E-state index contributed by atoms with van der Waals surface area (Å²) in [5.41, 5.74) is 4.74. The van der Waals surface area contributed by atoms with Gasteiger partial charge in [-0.2, -0.15) is 0 Å². The van der Waals surface area contributed by atoms with Crippen LogP contribution in [0.25, 0.3) is 10.2 Å². The number of thiazole rings is 2. The van der Waals surface area contributed by atoms with Crippen molar-refractivity contribution >= 4 is 55.0 Å². The van der Waals surface area contributed by atoms with E-state index in [1.165, 1.54) is 28.2 Å². The lowest BCUT2D eigenvalue weighted by Crippen LogP contribution is -2.32. The molecule has 0 bridgehead atoms. The Morgan fingerprint density at radius 2 is 1.79 bits per heavy atom. The van der Waals surface area contributed by atoms with Gasteiger partial charge >= 0.3 is 5.97 Å². The van der Waals surface area contributed by atoms with Crippen LogP contribution in [0.2, 0.25) is 0 Å². The molecule has 0 aliphatic carbocycles. The van der Waals surface area contributed by atoms with Crippen LogP contribution >= 0.6 is 22.7 Å². The van der Waals surface area contributed by atoms with Crippen LogP contribution in [0.4, 0.5) is 10.3 Å². The van der Waals surface area contributed by atoms with E-state index in [4.69, 9.17) is 4.74 Å². The SMILES string of the molecule is CC.Cc1ccc(OCCCc2sc(N3CCc4cccc(C(=O)Nc5nc6ccccc6s5)c4C3)nc2C(=O)O)cc1. The first-order valence-corrected chi connectivity index (χ1v) is 16.0. The largest absolute Gasteiger partial charge is 0.494 e. The predicted octanol–water partition coefficient (Wildman–Crippen LogP) is 7.61. The third-order valence-corrected chi connectivity index (χ3v) is 9.16. The van der Waals surface area contributed by atoms with E-state index in [0.717, 1.165) is 38.4 Å². The molecule has 43 heavy (non-hydrogen) atoms. The predicted molar refractivity (Wildman–Crippen MR) is 174 cm³/mol. The zero-order valence-electron chi connectivity index (χ0n) is 24.4. The summed E-state index contributed by atoms with van der Waals surface area (Å²) >= 11 is 2.85. The van der Waals surface area contributed by atoms with Crippen molar-refractivity contribution in [3.8, 4) is 5.75 Å². The van der Waals surface area contributed by atoms with Crippen LogP contribution in [0.3, 0.4) is 0 Å². The van der Waals surface area contributed by atoms with Crippen molar-refractivity contribution in [1.29, 1.82) is 0 Å². The molecule has 0 unspecified atom stereocenters. The molecule has 1 amide bonds. The molecule has 8 nitrogen and oxygen atoms in total. The molecule has 0 atom stereocenters. The van der Waals surface area contributed by atoms with Gasteiger partial charge in [0.15, 0.2) is 16.0 Å². The second kappa shape index (κ2) is 13.8. The molecule has 1 aliphatic rings. The summed E-state index contributed by atoms with van der Waals surface area (Å²) < 4.78 is 6.84. The molecule has 0 spiro atoms. The Hall–Kier alpha value is -4.28. The maximum atomic E-state index is 13.4. The standard InChI is InChI=1S/C31H28N4O4S2.C2H6/c1-19-11-13-21(14-12-19)39-17-5-10-26-27(29(37)38)33-31(41-26)35-16-15-20-6-4-7-22(23(20)18-35)28(36)34-30-32-24-8-2-3-9-25(24)40-30;1-2/h2-4,6-9,11-14H,5,10,15-18H2,1H3,(H,37,38)(H,32,34,36);1-2H3. The number of para-hydroxylation sites is 1. The summed E-state index contributed by atoms with van der Waals surface area (Å²) in [6, 6.07) is 21.4. The number of benzene rings is 3. The molecule has 0 saturated carbocycles. The molecule has 1 aliphatic heterocycles. The number of carboxylic acids is 1. The Labute approximate surface area is 259 Å². The first-order valence-electron chi connectivity index (χ1n) is 14.4. The van der Waals surface area contributed by atoms with Crippen molar-refractivity contribution in [1.82, 2.24) is 9.97 Å². The van der Waals surface area contributed by atoms with Crippen LogP contribution in [0.5, 0.6) is 5.75 Å². The van der Waals surface area contributed by atoms with Gasteiger partial charge in [-0.05, 0) is 67.6 Å². The van der Waals surface area contributed by atoms with Crippen molar-refractivity contribution in [2.24, 2.45) is 0 Å². The average molecular weight is 615 g/mol. The summed E-state index contributed by atoms with van der Waals surface area (Å²) in [6.45, 7) is 7.68. The summed E-state index contributed by atoms with van der Waals surface area (Å²) in [7, 11) is 0. The normalized spacial score (nSPS) is 12.3. The van der Waals surface area contributed by atoms with Crippen LogP contribution in [0.15, 0.2) is 66.7 Å². The first kappa shape index (κ1) is 30.2. The summed E-state index contributed by atoms with van der Waals surface area (Å²) in [5.74, 6) is -0.438. The highest BCUT2D eigenvalue weighted by Gasteiger charge is 2.26. The van der Waals surface area contributed by atoms with Crippen molar-refractivity contribution in [3.63, 3.8) is 0 Å². The van der Waals surface area contributed by atoms with Crippen LogP contribution in [0, 0.1) is 6.92 Å². The summed E-state index contributed by atoms with van der Waals surface area (Å²) in [6.07, 6.45) is 1.97. The third-order valence-electron chi connectivity index (χ3n) is 7.03. The number of carboxylic acid groups (broad SMARTS) is 1. The number of ether oxygens (including phenoxy) is 1.